The van der Waals surface area contributed by atoms with Crippen LogP contribution in [0.4, 0.5) is 0 Å². The smallest absolute Gasteiger partial charge is 0.462 e. The molecule has 0 aromatic rings. The lowest BCUT2D eigenvalue weighted by Crippen LogP contribution is -2.30. The first-order valence-corrected chi connectivity index (χ1v) is 42.2. The van der Waals surface area contributed by atoms with E-state index < -0.39 is 97.5 Å². The fraction of sp³-hybridized carbons (Fsp3) is 0.797. The molecule has 0 aliphatic heterocycles. The minimum atomic E-state index is -4.98. The monoisotopic (exact) mass is 1420 g/mol. The normalized spacial score (nSPS) is 14.3. The molecular weight excluding hydrogens is 1280 g/mol. The zero-order valence-corrected chi connectivity index (χ0v) is 64.0. The molecule has 0 heterocycles. The van der Waals surface area contributed by atoms with Gasteiger partial charge in [-0.1, -0.05) is 306 Å². The van der Waals surface area contributed by atoms with E-state index in [1.54, 1.807) is 0 Å². The van der Waals surface area contributed by atoms with Gasteiger partial charge in [0.15, 0.2) is 12.2 Å². The molecule has 0 radical (unpaired) electrons. The van der Waals surface area contributed by atoms with Gasteiger partial charge in [-0.25, -0.2) is 9.13 Å². The van der Waals surface area contributed by atoms with E-state index in [9.17, 15) is 43.2 Å². The van der Waals surface area contributed by atoms with E-state index in [-0.39, 0.29) is 25.7 Å². The minimum absolute atomic E-state index is 0.0884. The first-order valence-electron chi connectivity index (χ1n) is 39.2. The van der Waals surface area contributed by atoms with Crippen LogP contribution in [0.3, 0.4) is 0 Å². The lowest BCUT2D eigenvalue weighted by atomic mass is 10.0. The Balaban J connectivity index is 5.36. The Labute approximate surface area is 596 Å². The van der Waals surface area contributed by atoms with Crippen molar-refractivity contribution in [1.82, 2.24) is 0 Å². The number of unbranched alkanes of at least 4 members (excludes halogenated alkanes) is 37. The number of phosphoric ester groups is 2. The number of phosphoric acid groups is 2. The molecule has 0 amide bonds. The van der Waals surface area contributed by atoms with Crippen LogP contribution in [0, 0.1) is 0 Å². The average Bonchev–Trinajstić information content (AvgIpc) is 0.969. The zero-order chi connectivity index (χ0) is 71.8. The predicted molar refractivity (Wildman–Crippen MR) is 400 cm³/mol. The molecule has 5 atom stereocenters. The van der Waals surface area contributed by atoms with Gasteiger partial charge in [0.05, 0.1) is 26.4 Å². The number of hydrogen-bond donors (Lipinski definition) is 3. The minimum Gasteiger partial charge on any atom is -0.462 e. The quantitative estimate of drug-likeness (QED) is 0.0128. The van der Waals surface area contributed by atoms with Gasteiger partial charge in [-0.15, -0.1) is 0 Å². The van der Waals surface area contributed by atoms with Crippen molar-refractivity contribution in [3.05, 3.63) is 72.9 Å². The highest BCUT2D eigenvalue weighted by Crippen LogP contribution is 2.45. The van der Waals surface area contributed by atoms with Crippen LogP contribution < -0.4 is 0 Å². The molecule has 0 aromatic heterocycles. The molecule has 2 unspecified atom stereocenters. The third kappa shape index (κ3) is 70.9. The lowest BCUT2D eigenvalue weighted by molar-refractivity contribution is -0.161. The van der Waals surface area contributed by atoms with Crippen LogP contribution in [0.15, 0.2) is 72.9 Å². The van der Waals surface area contributed by atoms with Gasteiger partial charge < -0.3 is 33.8 Å². The SMILES string of the molecule is CCCCC/C=C\C/C=C\C/C=C\C/C=C\CCCC(=O)OC[C@H](COP(=O)(O)OC[C@@H](O)COP(=O)(O)OC[C@@H](COC(=O)CCCCCCC/C=C\C=C/CCCCCC)OC(=O)CCCCCCCCCCCCCCC)OC(=O)CCCCCCCCCCCCCCC. The number of carbonyl (C=O) groups is 4. The van der Waals surface area contributed by atoms with Crippen LogP contribution in [-0.2, 0) is 65.4 Å². The van der Waals surface area contributed by atoms with E-state index in [1.165, 1.54) is 148 Å². The van der Waals surface area contributed by atoms with Crippen molar-refractivity contribution in [2.75, 3.05) is 39.6 Å². The molecular formula is C79H142O17P2. The Morgan fingerprint density at radius 1 is 0.296 bits per heavy atom. The molecule has 19 heteroatoms. The second-order valence-corrected chi connectivity index (χ2v) is 29.2. The largest absolute Gasteiger partial charge is 0.472 e. The van der Waals surface area contributed by atoms with Crippen LogP contribution in [0.1, 0.15) is 349 Å². The fourth-order valence-corrected chi connectivity index (χ4v) is 12.3. The molecule has 0 aliphatic rings. The van der Waals surface area contributed by atoms with E-state index in [4.69, 9.17) is 37.0 Å². The van der Waals surface area contributed by atoms with Crippen molar-refractivity contribution >= 4 is 39.5 Å². The number of ether oxygens (including phenoxy) is 4. The summed E-state index contributed by atoms with van der Waals surface area (Å²) in [5, 5.41) is 10.6. The van der Waals surface area contributed by atoms with E-state index >= 15 is 0 Å². The molecule has 98 heavy (non-hydrogen) atoms. The van der Waals surface area contributed by atoms with Gasteiger partial charge in [0.1, 0.15) is 19.3 Å². The van der Waals surface area contributed by atoms with E-state index in [0.717, 1.165) is 116 Å². The maximum absolute atomic E-state index is 13.1. The Hall–Kier alpha value is -3.50. The van der Waals surface area contributed by atoms with Gasteiger partial charge in [0.2, 0.25) is 0 Å². The molecule has 0 spiro atoms. The van der Waals surface area contributed by atoms with Crippen molar-refractivity contribution in [3.8, 4) is 0 Å². The summed E-state index contributed by atoms with van der Waals surface area (Å²) in [7, 11) is -9.95. The van der Waals surface area contributed by atoms with Gasteiger partial charge in [0, 0.05) is 25.7 Å². The Morgan fingerprint density at radius 2 is 0.541 bits per heavy atom. The molecule has 0 aliphatic carbocycles. The highest BCUT2D eigenvalue weighted by molar-refractivity contribution is 7.47. The van der Waals surface area contributed by atoms with Crippen molar-refractivity contribution in [3.63, 3.8) is 0 Å². The van der Waals surface area contributed by atoms with Gasteiger partial charge in [-0.2, -0.15) is 0 Å². The van der Waals surface area contributed by atoms with E-state index in [2.05, 4.69) is 88.5 Å². The topological polar surface area (TPSA) is 237 Å². The molecule has 17 nitrogen and oxygen atoms in total. The highest BCUT2D eigenvalue weighted by atomic mass is 31.2. The predicted octanol–water partition coefficient (Wildman–Crippen LogP) is 22.4. The van der Waals surface area contributed by atoms with Crippen molar-refractivity contribution < 1.29 is 80.2 Å². The number of aliphatic hydroxyl groups excluding tert-OH is 1. The van der Waals surface area contributed by atoms with Crippen LogP contribution >= 0.6 is 15.6 Å². The second kappa shape index (κ2) is 71.9. The third-order valence-corrected chi connectivity index (χ3v) is 18.6. The van der Waals surface area contributed by atoms with Crippen LogP contribution in [0.2, 0.25) is 0 Å². The van der Waals surface area contributed by atoms with Gasteiger partial charge in [-0.3, -0.25) is 37.3 Å². The first-order chi connectivity index (χ1) is 47.7. The summed E-state index contributed by atoms with van der Waals surface area (Å²) in [6.45, 7) is 4.80. The van der Waals surface area contributed by atoms with Crippen LogP contribution in [-0.4, -0.2) is 96.7 Å². The summed E-state index contributed by atoms with van der Waals surface area (Å²) >= 11 is 0. The number of allylic oxidation sites excluding steroid dienone is 12. The first kappa shape index (κ1) is 94.5. The number of aliphatic hydroxyl groups is 1. The highest BCUT2D eigenvalue weighted by Gasteiger charge is 2.30. The van der Waals surface area contributed by atoms with Crippen molar-refractivity contribution in [2.45, 2.75) is 367 Å². The van der Waals surface area contributed by atoms with Crippen molar-refractivity contribution in [1.29, 1.82) is 0 Å². The molecule has 570 valence electrons. The summed E-state index contributed by atoms with van der Waals surface area (Å²) in [5.74, 6) is -2.23. The summed E-state index contributed by atoms with van der Waals surface area (Å²) in [4.78, 5) is 72.8. The molecule has 0 rings (SSSR count). The van der Waals surface area contributed by atoms with Gasteiger partial charge in [0.25, 0.3) is 0 Å². The summed E-state index contributed by atoms with van der Waals surface area (Å²) < 4.78 is 68.5. The molecule has 3 N–H and O–H groups in total. The molecule has 0 aromatic carbocycles. The Bertz CT molecular complexity index is 2140. The maximum Gasteiger partial charge on any atom is 0.472 e. The Morgan fingerprint density at radius 3 is 0.898 bits per heavy atom. The third-order valence-electron chi connectivity index (χ3n) is 16.7. The number of carbonyl (C=O) groups excluding carboxylic acids is 4. The Kier molecular flexibility index (Phi) is 69.3. The fourth-order valence-electron chi connectivity index (χ4n) is 10.7. The molecule has 0 bridgehead atoms. The molecule has 0 saturated heterocycles. The second-order valence-electron chi connectivity index (χ2n) is 26.3. The van der Waals surface area contributed by atoms with Crippen LogP contribution in [0.25, 0.3) is 0 Å². The van der Waals surface area contributed by atoms with Gasteiger partial charge >= 0.3 is 39.5 Å². The number of rotatable bonds is 74. The van der Waals surface area contributed by atoms with E-state index in [1.807, 2.05) is 12.2 Å². The summed E-state index contributed by atoms with van der Waals surface area (Å²) in [6.07, 6.45) is 71.7. The van der Waals surface area contributed by atoms with E-state index in [0.29, 0.717) is 32.1 Å². The van der Waals surface area contributed by atoms with Crippen LogP contribution in [0.5, 0.6) is 0 Å². The van der Waals surface area contributed by atoms with Gasteiger partial charge in [-0.05, 0) is 89.9 Å². The molecule has 0 fully saturated rings. The summed E-state index contributed by atoms with van der Waals surface area (Å²) in [5.41, 5.74) is 0. The average molecular weight is 1430 g/mol. The maximum atomic E-state index is 13.1. The number of hydrogen-bond acceptors (Lipinski definition) is 15. The lowest BCUT2D eigenvalue weighted by Gasteiger charge is -2.21. The molecule has 0 saturated carbocycles. The van der Waals surface area contributed by atoms with Crippen molar-refractivity contribution in [2.24, 2.45) is 0 Å². The standard InChI is InChI=1S/C79H142O17P2/c1-5-9-13-17-21-25-29-33-35-36-38-42-44-48-52-56-60-64-77(82)90-70-75(96-79(84)66-62-58-54-50-46-40-32-28-24-20-16-12-8-4)72-94-98(87,88)92-68-73(80)67-91-97(85,86)93-71-74(95-78(83)65-61-57-53-49-45-39-31-27-23-19-15-11-7-3)69-89-76(81)63-59-55-51-47-43-41-37-34-30-26-22-18-14-10-6-2/h21,25-26,30,33-35,37-38,42,48,52,73-75,80H,5-20,22-24,27-29,31-32,36,39-41,43-47,49-51,53-72H2,1-4H3,(H,85,86)(H,87,88)/b25-21-,30-26-,35-33-,37-34-,42-38-,52-48-/t73-,74+,75+/m0/s1. The summed E-state index contributed by atoms with van der Waals surface area (Å²) in [6, 6.07) is 0. The number of esters is 4. The zero-order valence-electron chi connectivity index (χ0n) is 62.2.